The molecule has 282 valence electrons. The van der Waals surface area contributed by atoms with Crippen LogP contribution in [0.3, 0.4) is 0 Å². The van der Waals surface area contributed by atoms with Gasteiger partial charge in [0.05, 0.1) is 22.7 Å². The van der Waals surface area contributed by atoms with E-state index in [1.165, 1.54) is 70.9 Å². The highest BCUT2D eigenvalue weighted by atomic mass is 15.0. The first-order valence-electron chi connectivity index (χ1n) is 20.8. The summed E-state index contributed by atoms with van der Waals surface area (Å²) in [5, 5.41) is 21.9. The third-order valence-corrected chi connectivity index (χ3v) is 12.6. The van der Waals surface area contributed by atoms with Crippen molar-refractivity contribution in [3.8, 4) is 56.3 Å². The largest absolute Gasteiger partial charge is 0.309 e. The summed E-state index contributed by atoms with van der Waals surface area (Å²) in [6, 6.07) is 81.4. The summed E-state index contributed by atoms with van der Waals surface area (Å²) in [5.41, 5.74) is 13.6. The van der Waals surface area contributed by atoms with Gasteiger partial charge in [-0.05, 0) is 130 Å². The summed E-state index contributed by atoms with van der Waals surface area (Å²) in [6.07, 6.45) is 0. The predicted octanol–water partition coefficient (Wildman–Crippen LogP) is 15.9. The van der Waals surface area contributed by atoms with Gasteiger partial charge in [-0.3, -0.25) is 0 Å². The van der Waals surface area contributed by atoms with Crippen molar-refractivity contribution in [1.29, 1.82) is 5.26 Å². The van der Waals surface area contributed by atoms with Crippen LogP contribution in [0.5, 0.6) is 0 Å². The van der Waals surface area contributed by atoms with Crippen molar-refractivity contribution in [2.75, 3.05) is 0 Å². The van der Waals surface area contributed by atoms with Gasteiger partial charge in [-0.15, -0.1) is 0 Å². The second kappa shape index (κ2) is 13.9. The van der Waals surface area contributed by atoms with Crippen LogP contribution >= 0.6 is 0 Å². The SMILES string of the molecule is N#Cc1ccc2c(c1)c1ccc(-c3ccc(-c4ccc5c(-c6cccc7ccccc67)c6ccccc6c(-c6cccc7ccccc67)c5c4)cc3)cc1n2-c1ccccc1. The molecule has 0 aliphatic rings. The molecule has 0 spiro atoms. The van der Waals surface area contributed by atoms with Crippen molar-refractivity contribution in [1.82, 2.24) is 4.57 Å². The van der Waals surface area contributed by atoms with E-state index in [4.69, 9.17) is 0 Å². The van der Waals surface area contributed by atoms with E-state index in [1.807, 2.05) is 18.2 Å². The lowest BCUT2D eigenvalue weighted by Crippen LogP contribution is -1.93. The molecule has 0 amide bonds. The minimum absolute atomic E-state index is 0.662. The monoisotopic (exact) mass is 772 g/mol. The molecule has 12 aromatic rings. The molecule has 0 saturated carbocycles. The molecule has 1 heterocycles. The molecule has 0 N–H and O–H groups in total. The zero-order valence-corrected chi connectivity index (χ0v) is 33.2. The number of benzene rings is 11. The lowest BCUT2D eigenvalue weighted by atomic mass is 9.83. The Labute approximate surface area is 353 Å². The number of nitrogens with zero attached hydrogens (tertiary/aromatic N) is 2. The summed E-state index contributed by atoms with van der Waals surface area (Å²) in [6.45, 7) is 0. The van der Waals surface area contributed by atoms with Crippen LogP contribution in [0.4, 0.5) is 0 Å². The number of para-hydroxylation sites is 1. The summed E-state index contributed by atoms with van der Waals surface area (Å²) in [4.78, 5) is 0. The molecule has 0 radical (unpaired) electrons. The second-order valence-corrected chi connectivity index (χ2v) is 15.9. The maximum Gasteiger partial charge on any atom is 0.0991 e. The molecule has 0 unspecified atom stereocenters. The minimum Gasteiger partial charge on any atom is -0.309 e. The predicted molar refractivity (Wildman–Crippen MR) is 257 cm³/mol. The first-order chi connectivity index (χ1) is 30.2. The molecule has 0 aliphatic heterocycles. The number of hydrogen-bond acceptors (Lipinski definition) is 1. The van der Waals surface area contributed by atoms with Crippen molar-refractivity contribution in [2.24, 2.45) is 0 Å². The molecular formula is C59H36N2. The summed E-state index contributed by atoms with van der Waals surface area (Å²) >= 11 is 0. The summed E-state index contributed by atoms with van der Waals surface area (Å²) in [7, 11) is 0. The molecule has 11 aromatic carbocycles. The third kappa shape index (κ3) is 5.56. The van der Waals surface area contributed by atoms with Crippen LogP contribution in [0.2, 0.25) is 0 Å². The van der Waals surface area contributed by atoms with E-state index in [9.17, 15) is 5.26 Å². The molecule has 1 aromatic heterocycles. The van der Waals surface area contributed by atoms with Gasteiger partial charge in [-0.2, -0.15) is 5.26 Å². The van der Waals surface area contributed by atoms with Crippen LogP contribution in [-0.4, -0.2) is 4.57 Å². The van der Waals surface area contributed by atoms with Gasteiger partial charge in [0.25, 0.3) is 0 Å². The van der Waals surface area contributed by atoms with E-state index in [0.29, 0.717) is 5.56 Å². The number of hydrogen-bond donors (Lipinski definition) is 0. The highest BCUT2D eigenvalue weighted by molar-refractivity contribution is 6.25. The molecule has 61 heavy (non-hydrogen) atoms. The Bertz CT molecular complexity index is 3740. The maximum absolute atomic E-state index is 9.73. The molecule has 0 saturated heterocycles. The molecule has 0 fully saturated rings. The van der Waals surface area contributed by atoms with Crippen molar-refractivity contribution < 1.29 is 0 Å². The fourth-order valence-corrected chi connectivity index (χ4v) is 9.81. The van der Waals surface area contributed by atoms with E-state index in [2.05, 4.69) is 211 Å². The first kappa shape index (κ1) is 34.8. The van der Waals surface area contributed by atoms with Crippen molar-refractivity contribution in [3.63, 3.8) is 0 Å². The Morgan fingerprint density at radius 3 is 1.43 bits per heavy atom. The molecule has 2 nitrogen and oxygen atoms in total. The Hall–Kier alpha value is -8.25. The molecule has 12 rings (SSSR count). The minimum atomic E-state index is 0.662. The van der Waals surface area contributed by atoms with Gasteiger partial charge < -0.3 is 4.57 Å². The molecule has 0 atom stereocenters. The molecule has 2 heteroatoms. The highest BCUT2D eigenvalue weighted by Gasteiger charge is 2.20. The van der Waals surface area contributed by atoms with Gasteiger partial charge in [-0.1, -0.05) is 176 Å². The normalized spacial score (nSPS) is 11.6. The zero-order chi connectivity index (χ0) is 40.4. The topological polar surface area (TPSA) is 28.7 Å². The Morgan fingerprint density at radius 1 is 0.311 bits per heavy atom. The van der Waals surface area contributed by atoms with E-state index in [-0.39, 0.29) is 0 Å². The highest BCUT2D eigenvalue weighted by Crippen LogP contribution is 2.47. The van der Waals surface area contributed by atoms with Gasteiger partial charge in [0, 0.05) is 16.5 Å². The van der Waals surface area contributed by atoms with E-state index in [1.54, 1.807) is 0 Å². The van der Waals surface area contributed by atoms with Gasteiger partial charge in [0.2, 0.25) is 0 Å². The number of rotatable bonds is 5. The Morgan fingerprint density at radius 2 is 0.803 bits per heavy atom. The van der Waals surface area contributed by atoms with Crippen LogP contribution < -0.4 is 0 Å². The quantitative estimate of drug-likeness (QED) is 0.160. The second-order valence-electron chi connectivity index (χ2n) is 15.9. The summed E-state index contributed by atoms with van der Waals surface area (Å²) < 4.78 is 2.31. The van der Waals surface area contributed by atoms with Crippen LogP contribution in [0.1, 0.15) is 5.56 Å². The van der Waals surface area contributed by atoms with Crippen LogP contribution in [-0.2, 0) is 0 Å². The lowest BCUT2D eigenvalue weighted by Gasteiger charge is -2.20. The Kier molecular flexibility index (Phi) is 7.95. The fraction of sp³-hybridized carbons (Fsp3) is 0. The lowest BCUT2D eigenvalue weighted by molar-refractivity contribution is 1.18. The van der Waals surface area contributed by atoms with Gasteiger partial charge in [0.15, 0.2) is 0 Å². The molecule has 0 aliphatic carbocycles. The van der Waals surface area contributed by atoms with Crippen molar-refractivity contribution in [3.05, 3.63) is 224 Å². The Balaban J connectivity index is 1.05. The van der Waals surface area contributed by atoms with Gasteiger partial charge >= 0.3 is 0 Å². The van der Waals surface area contributed by atoms with Crippen molar-refractivity contribution >= 4 is 64.9 Å². The van der Waals surface area contributed by atoms with E-state index < -0.39 is 0 Å². The fourth-order valence-electron chi connectivity index (χ4n) is 9.81. The number of fused-ring (bicyclic) bond motifs is 7. The van der Waals surface area contributed by atoms with Crippen LogP contribution in [0.25, 0.3) is 115 Å². The number of aromatic nitrogens is 1. The standard InChI is InChI=1S/C59H36N2/c60-37-38-24-33-56-54(34-38)48-31-29-44(36-57(48)61(56)45-16-2-1-3-17-45)40-27-25-39(26-28-40)43-30-32-53-55(35-43)59(50-23-11-15-42-13-5-7-19-47(42)50)52-21-9-8-20-51(52)58(53)49-22-10-14-41-12-4-6-18-46(41)49/h1-36H. The average Bonchev–Trinajstić information content (AvgIpc) is 3.66. The van der Waals surface area contributed by atoms with Crippen LogP contribution in [0, 0.1) is 11.3 Å². The smallest absolute Gasteiger partial charge is 0.0991 e. The van der Waals surface area contributed by atoms with Crippen LogP contribution in [0.15, 0.2) is 218 Å². The van der Waals surface area contributed by atoms with Gasteiger partial charge in [0.1, 0.15) is 0 Å². The van der Waals surface area contributed by atoms with Crippen molar-refractivity contribution in [2.45, 2.75) is 0 Å². The van der Waals surface area contributed by atoms with E-state index >= 15 is 0 Å². The van der Waals surface area contributed by atoms with E-state index in [0.717, 1.165) is 44.2 Å². The average molecular weight is 773 g/mol. The molecule has 0 bridgehead atoms. The van der Waals surface area contributed by atoms with Gasteiger partial charge in [-0.25, -0.2) is 0 Å². The third-order valence-electron chi connectivity index (χ3n) is 12.6. The number of nitriles is 1. The first-order valence-corrected chi connectivity index (χ1v) is 20.8. The molecular weight excluding hydrogens is 737 g/mol. The maximum atomic E-state index is 9.73. The zero-order valence-electron chi connectivity index (χ0n) is 33.2. The summed E-state index contributed by atoms with van der Waals surface area (Å²) in [5.74, 6) is 0.